The number of nitrogens with zero attached hydrogens (tertiary/aromatic N) is 1. The predicted molar refractivity (Wildman–Crippen MR) is 86.3 cm³/mol. The average Bonchev–Trinajstić information content (AvgIpc) is 3.06. The first-order valence-corrected chi connectivity index (χ1v) is 7.41. The van der Waals surface area contributed by atoms with E-state index in [0.29, 0.717) is 16.3 Å². The van der Waals surface area contributed by atoms with E-state index in [-0.39, 0.29) is 11.6 Å². The maximum Gasteiger partial charge on any atom is 0.416 e. The van der Waals surface area contributed by atoms with Crippen LogP contribution in [0.2, 0.25) is 5.02 Å². The lowest BCUT2D eigenvalue weighted by Gasteiger charge is -2.06. The molecule has 1 heterocycles. The van der Waals surface area contributed by atoms with Crippen molar-refractivity contribution in [2.45, 2.75) is 6.18 Å². The second-order valence-electron chi connectivity index (χ2n) is 5.07. The third-order valence-corrected chi connectivity index (χ3v) is 3.55. The summed E-state index contributed by atoms with van der Waals surface area (Å²) in [5.41, 5.74) is 0.0837. The van der Waals surface area contributed by atoms with Gasteiger partial charge in [0.05, 0.1) is 5.56 Å². The lowest BCUT2D eigenvalue weighted by atomic mass is 10.1. The lowest BCUT2D eigenvalue weighted by molar-refractivity contribution is -0.137. The van der Waals surface area contributed by atoms with Crippen LogP contribution in [0.1, 0.15) is 16.1 Å². The van der Waals surface area contributed by atoms with E-state index >= 15 is 0 Å². The molecule has 1 aromatic heterocycles. The van der Waals surface area contributed by atoms with Gasteiger partial charge >= 0.3 is 6.18 Å². The second-order valence-corrected chi connectivity index (χ2v) is 5.51. The Bertz CT molecular complexity index is 888. The maximum atomic E-state index is 12.6. The molecule has 3 rings (SSSR count). The van der Waals surface area contributed by atoms with Crippen LogP contribution in [0.25, 0.3) is 11.5 Å². The van der Waals surface area contributed by atoms with Gasteiger partial charge in [0, 0.05) is 16.3 Å². The molecule has 25 heavy (non-hydrogen) atoms. The second kappa shape index (κ2) is 6.60. The predicted octanol–water partition coefficient (Wildman–Crippen LogP) is 5.27. The van der Waals surface area contributed by atoms with Crippen molar-refractivity contribution in [2.24, 2.45) is 0 Å². The van der Waals surface area contributed by atoms with Crippen molar-refractivity contribution in [2.75, 3.05) is 5.32 Å². The number of benzene rings is 2. The number of hydrogen-bond donors (Lipinski definition) is 1. The van der Waals surface area contributed by atoms with Gasteiger partial charge in [0.25, 0.3) is 5.91 Å². The number of carbonyl (C=O) groups excluding carboxylic acids is 1. The van der Waals surface area contributed by atoms with Crippen LogP contribution in [0.3, 0.4) is 0 Å². The minimum absolute atomic E-state index is 0.00449. The van der Waals surface area contributed by atoms with Crippen molar-refractivity contribution in [1.29, 1.82) is 0 Å². The Morgan fingerprint density at radius 3 is 2.28 bits per heavy atom. The first kappa shape index (κ1) is 17.0. The number of halogens is 4. The standard InChI is InChI=1S/C17H10ClF3N2O2/c18-12-5-7-13(8-6-12)22-15(24)14-9-25-16(23-14)10-1-3-11(4-2-10)17(19,20)21/h1-9H,(H,22,24). The van der Waals surface area contributed by atoms with E-state index < -0.39 is 17.6 Å². The number of alkyl halides is 3. The summed E-state index contributed by atoms with van der Waals surface area (Å²) in [5, 5.41) is 3.14. The van der Waals surface area contributed by atoms with Crippen molar-refractivity contribution >= 4 is 23.2 Å². The highest BCUT2D eigenvalue weighted by atomic mass is 35.5. The maximum absolute atomic E-state index is 12.6. The zero-order valence-corrected chi connectivity index (χ0v) is 13.2. The molecule has 128 valence electrons. The molecule has 0 aliphatic rings. The number of anilines is 1. The SMILES string of the molecule is O=C(Nc1ccc(Cl)cc1)c1coc(-c2ccc(C(F)(F)F)cc2)n1. The Morgan fingerprint density at radius 2 is 1.68 bits per heavy atom. The highest BCUT2D eigenvalue weighted by Crippen LogP contribution is 2.30. The minimum atomic E-state index is -4.42. The Labute approximate surface area is 145 Å². The molecule has 0 unspecified atom stereocenters. The Morgan fingerprint density at radius 1 is 1.04 bits per heavy atom. The first-order valence-electron chi connectivity index (χ1n) is 7.03. The molecule has 2 aromatic carbocycles. The van der Waals surface area contributed by atoms with Gasteiger partial charge in [-0.15, -0.1) is 0 Å². The van der Waals surface area contributed by atoms with Crippen LogP contribution >= 0.6 is 11.6 Å². The molecule has 3 aromatic rings. The molecule has 1 amide bonds. The summed E-state index contributed by atoms with van der Waals surface area (Å²) < 4.78 is 42.9. The van der Waals surface area contributed by atoms with Gasteiger partial charge < -0.3 is 9.73 Å². The van der Waals surface area contributed by atoms with Gasteiger partial charge in [0.15, 0.2) is 5.69 Å². The number of hydrogen-bond acceptors (Lipinski definition) is 3. The zero-order valence-electron chi connectivity index (χ0n) is 12.5. The topological polar surface area (TPSA) is 55.1 Å². The minimum Gasteiger partial charge on any atom is -0.444 e. The number of carbonyl (C=O) groups is 1. The van der Waals surface area contributed by atoms with Crippen molar-refractivity contribution < 1.29 is 22.4 Å². The normalized spacial score (nSPS) is 11.4. The molecule has 0 spiro atoms. The summed E-state index contributed by atoms with van der Waals surface area (Å²) in [5.74, 6) is -0.459. The molecule has 8 heteroatoms. The van der Waals surface area contributed by atoms with Gasteiger partial charge in [-0.05, 0) is 48.5 Å². The number of aromatic nitrogens is 1. The van der Waals surface area contributed by atoms with E-state index in [1.807, 2.05) is 0 Å². The number of oxazole rings is 1. The Balaban J connectivity index is 1.75. The van der Waals surface area contributed by atoms with Gasteiger partial charge in [0.1, 0.15) is 6.26 Å². The molecular formula is C17H10ClF3N2O2. The van der Waals surface area contributed by atoms with Crippen LogP contribution < -0.4 is 5.32 Å². The lowest BCUT2D eigenvalue weighted by Crippen LogP contribution is -2.12. The van der Waals surface area contributed by atoms with E-state index in [4.69, 9.17) is 16.0 Å². The Hall–Kier alpha value is -2.80. The molecule has 0 saturated heterocycles. The summed E-state index contributed by atoms with van der Waals surface area (Å²) in [6.45, 7) is 0. The van der Waals surface area contributed by atoms with Crippen LogP contribution in [-0.4, -0.2) is 10.9 Å². The van der Waals surface area contributed by atoms with Crippen molar-refractivity contribution in [3.8, 4) is 11.5 Å². The highest BCUT2D eigenvalue weighted by Gasteiger charge is 2.30. The van der Waals surface area contributed by atoms with Crippen LogP contribution in [0, 0.1) is 0 Å². The number of amides is 1. The van der Waals surface area contributed by atoms with E-state index in [1.165, 1.54) is 12.1 Å². The summed E-state index contributed by atoms with van der Waals surface area (Å²) in [4.78, 5) is 16.1. The van der Waals surface area contributed by atoms with Crippen molar-refractivity contribution in [3.63, 3.8) is 0 Å². The average molecular weight is 367 g/mol. The summed E-state index contributed by atoms with van der Waals surface area (Å²) in [7, 11) is 0. The molecular weight excluding hydrogens is 357 g/mol. The van der Waals surface area contributed by atoms with E-state index in [9.17, 15) is 18.0 Å². The van der Waals surface area contributed by atoms with E-state index in [0.717, 1.165) is 18.4 Å². The van der Waals surface area contributed by atoms with Crippen LogP contribution in [0.5, 0.6) is 0 Å². The summed E-state index contributed by atoms with van der Waals surface area (Å²) >= 11 is 5.77. The smallest absolute Gasteiger partial charge is 0.416 e. The van der Waals surface area contributed by atoms with Crippen LogP contribution in [-0.2, 0) is 6.18 Å². The third kappa shape index (κ3) is 4.00. The monoisotopic (exact) mass is 366 g/mol. The van der Waals surface area contributed by atoms with Gasteiger partial charge in [-0.3, -0.25) is 4.79 Å². The van der Waals surface area contributed by atoms with Crippen molar-refractivity contribution in [3.05, 3.63) is 71.1 Å². The zero-order chi connectivity index (χ0) is 18.0. The summed E-state index contributed by atoms with van der Waals surface area (Å²) in [6, 6.07) is 10.8. The molecule has 0 aliphatic heterocycles. The Kier molecular flexibility index (Phi) is 4.50. The van der Waals surface area contributed by atoms with Crippen LogP contribution in [0.15, 0.2) is 59.2 Å². The molecule has 0 atom stereocenters. The quantitative estimate of drug-likeness (QED) is 0.687. The van der Waals surface area contributed by atoms with Crippen molar-refractivity contribution in [1.82, 2.24) is 4.98 Å². The van der Waals surface area contributed by atoms with E-state index in [2.05, 4.69) is 10.3 Å². The fourth-order valence-electron chi connectivity index (χ4n) is 2.04. The fraction of sp³-hybridized carbons (Fsp3) is 0.0588. The largest absolute Gasteiger partial charge is 0.444 e. The highest BCUT2D eigenvalue weighted by molar-refractivity contribution is 6.30. The fourth-order valence-corrected chi connectivity index (χ4v) is 2.17. The third-order valence-electron chi connectivity index (χ3n) is 3.30. The summed E-state index contributed by atoms with van der Waals surface area (Å²) in [6.07, 6.45) is -3.28. The molecule has 1 N–H and O–H groups in total. The van der Waals surface area contributed by atoms with Gasteiger partial charge in [-0.25, -0.2) is 4.98 Å². The first-order chi connectivity index (χ1) is 11.8. The molecule has 0 saturated carbocycles. The number of nitrogens with one attached hydrogen (secondary N) is 1. The van der Waals surface area contributed by atoms with Gasteiger partial charge in [0.2, 0.25) is 5.89 Å². The van der Waals surface area contributed by atoms with Gasteiger partial charge in [-0.2, -0.15) is 13.2 Å². The van der Waals surface area contributed by atoms with Crippen LogP contribution in [0.4, 0.5) is 18.9 Å². The molecule has 0 fully saturated rings. The molecule has 0 radical (unpaired) electrons. The molecule has 0 bridgehead atoms. The molecule has 4 nitrogen and oxygen atoms in total. The molecule has 0 aliphatic carbocycles. The van der Waals surface area contributed by atoms with E-state index in [1.54, 1.807) is 24.3 Å². The number of rotatable bonds is 3. The van der Waals surface area contributed by atoms with Gasteiger partial charge in [-0.1, -0.05) is 11.6 Å².